The Labute approximate surface area is 120 Å². The van der Waals surface area contributed by atoms with Crippen LogP contribution in [0.5, 0.6) is 0 Å². The Hall–Kier alpha value is -1.64. The van der Waals surface area contributed by atoms with E-state index in [0.29, 0.717) is 4.91 Å². The first-order valence-corrected chi connectivity index (χ1v) is 7.52. The molecular weight excluding hydrogens is 278 g/mol. The van der Waals surface area contributed by atoms with Crippen LogP contribution in [0.4, 0.5) is 4.79 Å². The van der Waals surface area contributed by atoms with Gasteiger partial charge in [0.15, 0.2) is 0 Å². The van der Waals surface area contributed by atoms with Gasteiger partial charge in [-0.1, -0.05) is 18.1 Å². The molecule has 2 amide bonds. The number of nitrogens with zero attached hydrogens (tertiary/aromatic N) is 1. The third-order valence-electron chi connectivity index (χ3n) is 2.54. The third-order valence-corrected chi connectivity index (χ3v) is 4.19. The topological polar surface area (TPSA) is 37.4 Å². The number of benzene rings is 1. The molecule has 0 aliphatic carbocycles. The predicted molar refractivity (Wildman–Crippen MR) is 79.7 cm³/mol. The number of hydrogen-bond acceptors (Lipinski definition) is 4. The number of terminal acetylenes is 1. The maximum absolute atomic E-state index is 11.9. The number of imide groups is 1. The van der Waals surface area contributed by atoms with Crippen molar-refractivity contribution in [2.24, 2.45) is 0 Å². The molecule has 0 unspecified atom stereocenters. The van der Waals surface area contributed by atoms with Gasteiger partial charge in [-0.15, -0.1) is 18.2 Å². The summed E-state index contributed by atoms with van der Waals surface area (Å²) in [6.45, 7) is 0.0212. The molecule has 1 aromatic carbocycles. The van der Waals surface area contributed by atoms with E-state index in [1.807, 2.05) is 30.5 Å². The second-order valence-electron chi connectivity index (χ2n) is 3.75. The lowest BCUT2D eigenvalue weighted by Crippen LogP contribution is -2.28. The van der Waals surface area contributed by atoms with Crippen molar-refractivity contribution in [1.82, 2.24) is 4.90 Å². The number of thioether (sulfide) groups is 2. The summed E-state index contributed by atoms with van der Waals surface area (Å²) in [5.74, 6) is 1.99. The molecule has 19 heavy (non-hydrogen) atoms. The molecule has 96 valence electrons. The quantitative estimate of drug-likeness (QED) is 0.487. The lowest BCUT2D eigenvalue weighted by Gasteiger charge is -2.06. The van der Waals surface area contributed by atoms with Crippen molar-refractivity contribution in [3.63, 3.8) is 0 Å². The molecule has 1 heterocycles. The van der Waals surface area contributed by atoms with Crippen molar-refractivity contribution in [2.75, 3.05) is 12.8 Å². The zero-order chi connectivity index (χ0) is 13.8. The van der Waals surface area contributed by atoms with E-state index in [2.05, 4.69) is 5.92 Å². The Morgan fingerprint density at radius 2 is 2.05 bits per heavy atom. The molecule has 1 aliphatic rings. The number of carbonyl (C=O) groups is 2. The van der Waals surface area contributed by atoms with Gasteiger partial charge in [0.05, 0.1) is 11.4 Å². The van der Waals surface area contributed by atoms with E-state index in [1.54, 1.807) is 17.8 Å². The Balaban J connectivity index is 2.22. The molecule has 0 atom stereocenters. The molecule has 3 nitrogen and oxygen atoms in total. The smallest absolute Gasteiger partial charge is 0.268 e. The zero-order valence-electron chi connectivity index (χ0n) is 10.3. The van der Waals surface area contributed by atoms with Crippen LogP contribution in [0.3, 0.4) is 0 Å². The summed E-state index contributed by atoms with van der Waals surface area (Å²) in [5, 5.41) is -0.310. The van der Waals surface area contributed by atoms with Gasteiger partial charge in [-0.3, -0.25) is 14.5 Å². The van der Waals surface area contributed by atoms with Crippen LogP contribution in [0.15, 0.2) is 34.1 Å². The van der Waals surface area contributed by atoms with E-state index in [-0.39, 0.29) is 17.7 Å². The fourth-order valence-electron chi connectivity index (χ4n) is 1.58. The number of amides is 2. The van der Waals surface area contributed by atoms with Crippen LogP contribution in [-0.4, -0.2) is 28.8 Å². The minimum absolute atomic E-state index is 0.0212. The van der Waals surface area contributed by atoms with E-state index in [4.69, 9.17) is 6.42 Å². The summed E-state index contributed by atoms with van der Waals surface area (Å²) >= 11 is 2.58. The van der Waals surface area contributed by atoms with Gasteiger partial charge in [0.1, 0.15) is 0 Å². The molecule has 0 saturated carbocycles. The largest absolute Gasteiger partial charge is 0.294 e. The highest BCUT2D eigenvalue weighted by molar-refractivity contribution is 8.18. The van der Waals surface area contributed by atoms with Crippen molar-refractivity contribution < 1.29 is 9.59 Å². The van der Waals surface area contributed by atoms with Crippen LogP contribution < -0.4 is 0 Å². The molecule has 1 saturated heterocycles. The molecule has 1 aliphatic heterocycles. The van der Waals surface area contributed by atoms with E-state index in [1.165, 1.54) is 0 Å². The highest BCUT2D eigenvalue weighted by Crippen LogP contribution is 2.32. The molecular formula is C14H11NO2S2. The Kier molecular flexibility index (Phi) is 4.35. The summed E-state index contributed by atoms with van der Waals surface area (Å²) in [5.41, 5.74) is 0.893. The highest BCUT2D eigenvalue weighted by atomic mass is 32.2. The SMILES string of the molecule is C#CCN1C(=O)S/C(=C\c2ccc(SC)cc2)C1=O. The summed E-state index contributed by atoms with van der Waals surface area (Å²) < 4.78 is 0. The van der Waals surface area contributed by atoms with Crippen LogP contribution in [0.2, 0.25) is 0 Å². The maximum atomic E-state index is 11.9. The van der Waals surface area contributed by atoms with E-state index >= 15 is 0 Å². The minimum Gasteiger partial charge on any atom is -0.268 e. The molecule has 0 spiro atoms. The van der Waals surface area contributed by atoms with E-state index in [9.17, 15) is 9.59 Å². The molecule has 0 N–H and O–H groups in total. The Bertz CT molecular complexity index is 584. The van der Waals surface area contributed by atoms with Crippen LogP contribution >= 0.6 is 23.5 Å². The van der Waals surface area contributed by atoms with Gasteiger partial charge >= 0.3 is 0 Å². The molecule has 1 aromatic rings. The average Bonchev–Trinajstić information content (AvgIpc) is 2.68. The second-order valence-corrected chi connectivity index (χ2v) is 5.62. The van der Waals surface area contributed by atoms with Crippen molar-refractivity contribution in [3.05, 3.63) is 34.7 Å². The second kappa shape index (κ2) is 6.00. The van der Waals surface area contributed by atoms with Crippen molar-refractivity contribution >= 4 is 40.7 Å². The van der Waals surface area contributed by atoms with Crippen LogP contribution in [0, 0.1) is 12.3 Å². The van der Waals surface area contributed by atoms with Gasteiger partial charge in [-0.2, -0.15) is 0 Å². The highest BCUT2D eigenvalue weighted by Gasteiger charge is 2.34. The van der Waals surface area contributed by atoms with Crippen LogP contribution in [0.25, 0.3) is 6.08 Å². The first-order chi connectivity index (χ1) is 9.15. The lowest BCUT2D eigenvalue weighted by atomic mass is 10.2. The first kappa shape index (κ1) is 13.8. The van der Waals surface area contributed by atoms with Crippen molar-refractivity contribution in [1.29, 1.82) is 0 Å². The van der Waals surface area contributed by atoms with Crippen molar-refractivity contribution in [3.8, 4) is 12.3 Å². The molecule has 0 radical (unpaired) electrons. The summed E-state index contributed by atoms with van der Waals surface area (Å²) in [4.78, 5) is 26.2. The number of carbonyl (C=O) groups excluding carboxylic acids is 2. The summed E-state index contributed by atoms with van der Waals surface area (Å²) in [6.07, 6.45) is 8.85. The standard InChI is InChI=1S/C14H11NO2S2/c1-3-8-15-13(16)12(19-14(15)17)9-10-4-6-11(18-2)7-5-10/h1,4-7,9H,8H2,2H3/b12-9-. The van der Waals surface area contributed by atoms with Gasteiger partial charge in [0, 0.05) is 4.90 Å². The fourth-order valence-corrected chi connectivity index (χ4v) is 2.83. The monoisotopic (exact) mass is 289 g/mol. The normalized spacial score (nSPS) is 17.1. The van der Waals surface area contributed by atoms with E-state index in [0.717, 1.165) is 27.1 Å². The molecule has 0 bridgehead atoms. The van der Waals surface area contributed by atoms with Gasteiger partial charge in [0.25, 0.3) is 11.1 Å². The molecule has 1 fully saturated rings. The predicted octanol–water partition coefficient (Wildman–Crippen LogP) is 3.08. The lowest BCUT2D eigenvalue weighted by molar-refractivity contribution is -0.122. The van der Waals surface area contributed by atoms with Gasteiger partial charge in [-0.25, -0.2) is 0 Å². The third kappa shape index (κ3) is 3.03. The van der Waals surface area contributed by atoms with Gasteiger partial charge in [0.2, 0.25) is 0 Å². The number of hydrogen-bond donors (Lipinski definition) is 0. The Morgan fingerprint density at radius 1 is 1.37 bits per heavy atom. The van der Waals surface area contributed by atoms with Gasteiger partial charge in [-0.05, 0) is 41.8 Å². The van der Waals surface area contributed by atoms with Crippen molar-refractivity contribution in [2.45, 2.75) is 4.90 Å². The van der Waals surface area contributed by atoms with Gasteiger partial charge < -0.3 is 0 Å². The van der Waals surface area contributed by atoms with Crippen LogP contribution in [-0.2, 0) is 4.79 Å². The molecule has 2 rings (SSSR count). The first-order valence-electron chi connectivity index (χ1n) is 5.48. The molecule has 0 aromatic heterocycles. The molecule has 5 heteroatoms. The summed E-state index contributed by atoms with van der Waals surface area (Å²) in [6, 6.07) is 7.78. The van der Waals surface area contributed by atoms with Crippen LogP contribution in [0.1, 0.15) is 5.56 Å². The van der Waals surface area contributed by atoms with E-state index < -0.39 is 0 Å². The Morgan fingerprint density at radius 3 is 2.63 bits per heavy atom. The average molecular weight is 289 g/mol. The zero-order valence-corrected chi connectivity index (χ0v) is 11.9. The maximum Gasteiger partial charge on any atom is 0.294 e. The number of rotatable bonds is 3. The minimum atomic E-state index is -0.318. The summed E-state index contributed by atoms with van der Waals surface area (Å²) in [7, 11) is 0. The fraction of sp³-hybridized carbons (Fsp3) is 0.143.